The van der Waals surface area contributed by atoms with E-state index in [2.05, 4.69) is 16.9 Å². The number of carbonyl (C=O) groups is 1. The van der Waals surface area contributed by atoms with Gasteiger partial charge < -0.3 is 10.1 Å². The lowest BCUT2D eigenvalue weighted by Crippen LogP contribution is -2.34. The normalized spacial score (nSPS) is 11.1. The number of allylic oxidation sites excluding steroid dienone is 1. The van der Waals surface area contributed by atoms with E-state index in [1.807, 2.05) is 26.0 Å². The number of hydrogen-bond donors (Lipinski definition) is 1. The number of aromatic nitrogens is 1. The van der Waals surface area contributed by atoms with Crippen LogP contribution in [0.5, 0.6) is 0 Å². The molecule has 1 unspecified atom stereocenters. The Bertz CT molecular complexity index is 522. The zero-order valence-corrected chi connectivity index (χ0v) is 13.2. The molecule has 112 valence electrons. The van der Waals surface area contributed by atoms with Crippen molar-refractivity contribution >= 4 is 23.2 Å². The average Bonchev–Trinajstić information content (AvgIpc) is 2.46. The molecule has 1 atom stereocenters. The third-order valence-electron chi connectivity index (χ3n) is 2.62. The largest absolute Gasteiger partial charge is 0.461 e. The fourth-order valence-electron chi connectivity index (χ4n) is 1.56. The van der Waals surface area contributed by atoms with Gasteiger partial charge in [-0.15, -0.1) is 6.58 Å². The van der Waals surface area contributed by atoms with Crippen LogP contribution in [0.15, 0.2) is 48.7 Å². The molecule has 0 aliphatic rings. The van der Waals surface area contributed by atoms with Gasteiger partial charge in [0.2, 0.25) is 0 Å². The minimum Gasteiger partial charge on any atom is -0.461 e. The third kappa shape index (κ3) is 5.87. The van der Waals surface area contributed by atoms with Crippen molar-refractivity contribution in [2.75, 3.05) is 13.2 Å². The Hall–Kier alpha value is -2.01. The van der Waals surface area contributed by atoms with Crippen LogP contribution in [0, 0.1) is 0 Å². The number of rotatable bonds is 7. The number of ether oxygens (including phenoxy) is 1. The first-order valence-electron chi connectivity index (χ1n) is 6.65. The summed E-state index contributed by atoms with van der Waals surface area (Å²) in [5, 5.41) is 2.97. The molecule has 1 rings (SSSR count). The summed E-state index contributed by atoms with van der Waals surface area (Å²) in [5.74, 6) is -1.11. The highest BCUT2D eigenvalue weighted by Crippen LogP contribution is 2.16. The van der Waals surface area contributed by atoms with E-state index in [9.17, 15) is 4.79 Å². The number of carbonyl (C=O) groups excluding carboxylic acids is 1. The number of esters is 1. The van der Waals surface area contributed by atoms with Crippen LogP contribution in [0.25, 0.3) is 0 Å². The second-order valence-electron chi connectivity index (χ2n) is 4.63. The van der Waals surface area contributed by atoms with E-state index in [1.165, 1.54) is 0 Å². The van der Waals surface area contributed by atoms with Gasteiger partial charge in [0.15, 0.2) is 0 Å². The predicted octanol–water partition coefficient (Wildman–Crippen LogP) is 2.78. The summed E-state index contributed by atoms with van der Waals surface area (Å²) in [6.07, 6.45) is 5.14. The first-order valence-corrected chi connectivity index (χ1v) is 7.06. The Morgan fingerprint density at radius 3 is 2.86 bits per heavy atom. The van der Waals surface area contributed by atoms with Crippen molar-refractivity contribution in [1.82, 2.24) is 10.3 Å². The average molecular weight is 304 g/mol. The molecule has 1 aromatic rings. The molecule has 1 heterocycles. The van der Waals surface area contributed by atoms with Crippen LogP contribution < -0.4 is 5.32 Å². The molecule has 0 aliphatic carbocycles. The highest BCUT2D eigenvalue weighted by atomic mass is 32.1. The lowest BCUT2D eigenvalue weighted by atomic mass is 10.0. The Labute approximate surface area is 130 Å². The van der Waals surface area contributed by atoms with Gasteiger partial charge in [-0.2, -0.15) is 0 Å². The summed E-state index contributed by atoms with van der Waals surface area (Å²) in [6, 6.07) is 5.36. The van der Waals surface area contributed by atoms with Crippen molar-refractivity contribution in [3.63, 3.8) is 0 Å². The molecule has 5 heteroatoms. The maximum atomic E-state index is 12.3. The van der Waals surface area contributed by atoms with Crippen molar-refractivity contribution in [2.24, 2.45) is 0 Å². The second kappa shape index (κ2) is 9.02. The smallest absolute Gasteiger partial charge is 0.322 e. The SMILES string of the molecule is C=CCNC(=S)C(C(=O)OCC=C(C)C)c1ccccn1. The van der Waals surface area contributed by atoms with Gasteiger partial charge in [-0.3, -0.25) is 9.78 Å². The van der Waals surface area contributed by atoms with Gasteiger partial charge >= 0.3 is 5.97 Å². The van der Waals surface area contributed by atoms with E-state index >= 15 is 0 Å². The fourth-order valence-corrected chi connectivity index (χ4v) is 1.86. The van der Waals surface area contributed by atoms with Crippen molar-refractivity contribution < 1.29 is 9.53 Å². The Kier molecular flexibility index (Phi) is 7.32. The zero-order valence-electron chi connectivity index (χ0n) is 12.3. The molecule has 0 amide bonds. The second-order valence-corrected chi connectivity index (χ2v) is 5.07. The van der Waals surface area contributed by atoms with E-state index in [1.54, 1.807) is 24.4 Å². The van der Waals surface area contributed by atoms with E-state index in [-0.39, 0.29) is 6.61 Å². The van der Waals surface area contributed by atoms with Gasteiger partial charge in [-0.25, -0.2) is 0 Å². The van der Waals surface area contributed by atoms with Crippen LogP contribution in [0.3, 0.4) is 0 Å². The lowest BCUT2D eigenvalue weighted by Gasteiger charge is -2.17. The van der Waals surface area contributed by atoms with Crippen molar-refractivity contribution in [1.29, 1.82) is 0 Å². The first kappa shape index (κ1) is 17.0. The molecule has 0 bridgehead atoms. The van der Waals surface area contributed by atoms with E-state index < -0.39 is 11.9 Å². The number of hydrogen-bond acceptors (Lipinski definition) is 4. The number of pyridine rings is 1. The van der Waals surface area contributed by atoms with Crippen LogP contribution in [0.4, 0.5) is 0 Å². The maximum absolute atomic E-state index is 12.3. The summed E-state index contributed by atoms with van der Waals surface area (Å²) >= 11 is 5.29. The van der Waals surface area contributed by atoms with Gasteiger partial charge in [-0.1, -0.05) is 29.9 Å². The Morgan fingerprint density at radius 1 is 1.52 bits per heavy atom. The maximum Gasteiger partial charge on any atom is 0.322 e. The zero-order chi connectivity index (χ0) is 15.7. The Balaban J connectivity index is 2.86. The van der Waals surface area contributed by atoms with Crippen LogP contribution in [-0.2, 0) is 9.53 Å². The highest BCUT2D eigenvalue weighted by Gasteiger charge is 2.27. The summed E-state index contributed by atoms with van der Waals surface area (Å²) in [6.45, 7) is 8.23. The predicted molar refractivity (Wildman–Crippen MR) is 88.2 cm³/mol. The van der Waals surface area contributed by atoms with Crippen molar-refractivity contribution in [3.05, 3.63) is 54.4 Å². The van der Waals surface area contributed by atoms with Crippen LogP contribution in [-0.4, -0.2) is 29.1 Å². The quantitative estimate of drug-likeness (QED) is 0.477. The molecule has 0 aliphatic heterocycles. The van der Waals surface area contributed by atoms with Gasteiger partial charge in [0.25, 0.3) is 0 Å². The molecular formula is C16H20N2O2S. The molecular weight excluding hydrogens is 284 g/mol. The van der Waals surface area contributed by atoms with Crippen LogP contribution >= 0.6 is 12.2 Å². The van der Waals surface area contributed by atoms with Crippen LogP contribution in [0.1, 0.15) is 25.5 Å². The molecule has 0 fully saturated rings. The van der Waals surface area contributed by atoms with Crippen molar-refractivity contribution in [3.8, 4) is 0 Å². The molecule has 21 heavy (non-hydrogen) atoms. The van der Waals surface area contributed by atoms with Gasteiger partial charge in [0.1, 0.15) is 12.5 Å². The van der Waals surface area contributed by atoms with Crippen molar-refractivity contribution in [2.45, 2.75) is 19.8 Å². The molecule has 4 nitrogen and oxygen atoms in total. The molecule has 1 aromatic heterocycles. The Morgan fingerprint density at radius 2 is 2.29 bits per heavy atom. The summed E-state index contributed by atoms with van der Waals surface area (Å²) in [4.78, 5) is 16.9. The number of nitrogens with one attached hydrogen (secondary N) is 1. The monoisotopic (exact) mass is 304 g/mol. The number of nitrogens with zero attached hydrogens (tertiary/aromatic N) is 1. The van der Waals surface area contributed by atoms with Gasteiger partial charge in [0, 0.05) is 12.7 Å². The molecule has 0 saturated heterocycles. The molecule has 0 radical (unpaired) electrons. The van der Waals surface area contributed by atoms with E-state index in [0.717, 1.165) is 5.57 Å². The molecule has 0 aromatic carbocycles. The lowest BCUT2D eigenvalue weighted by molar-refractivity contribution is -0.142. The summed E-state index contributed by atoms with van der Waals surface area (Å²) < 4.78 is 5.26. The summed E-state index contributed by atoms with van der Waals surface area (Å²) in [5.41, 5.74) is 1.66. The molecule has 0 spiro atoms. The topological polar surface area (TPSA) is 51.2 Å². The van der Waals surface area contributed by atoms with Gasteiger partial charge in [-0.05, 0) is 32.1 Å². The minimum atomic E-state index is -0.702. The van der Waals surface area contributed by atoms with Gasteiger partial charge in [0.05, 0.1) is 10.7 Å². The molecule has 1 N–H and O–H groups in total. The third-order valence-corrected chi connectivity index (χ3v) is 3.00. The van der Waals surface area contributed by atoms with E-state index in [4.69, 9.17) is 17.0 Å². The molecule has 0 saturated carbocycles. The minimum absolute atomic E-state index is 0.231. The fraction of sp³-hybridized carbons (Fsp3) is 0.312. The standard InChI is InChI=1S/C16H20N2O2S/c1-4-9-18-15(21)14(13-7-5-6-10-17-13)16(19)20-11-8-12(2)3/h4-8,10,14H,1,9,11H2,2-3H3,(H,18,21). The highest BCUT2D eigenvalue weighted by molar-refractivity contribution is 7.80. The van der Waals surface area contributed by atoms with E-state index in [0.29, 0.717) is 17.2 Å². The summed E-state index contributed by atoms with van der Waals surface area (Å²) in [7, 11) is 0. The first-order chi connectivity index (χ1) is 10.1. The number of thiocarbonyl (C=S) groups is 1. The van der Waals surface area contributed by atoms with Crippen LogP contribution in [0.2, 0.25) is 0 Å².